The van der Waals surface area contributed by atoms with Crippen LogP contribution in [-0.4, -0.2) is 40.5 Å². The number of ketones is 1. The lowest BCUT2D eigenvalue weighted by Gasteiger charge is -2.18. The summed E-state index contributed by atoms with van der Waals surface area (Å²) in [4.78, 5) is 33.6. The number of benzene rings is 2. The third-order valence-electron chi connectivity index (χ3n) is 5.76. The van der Waals surface area contributed by atoms with Crippen LogP contribution in [0.1, 0.15) is 38.2 Å². The predicted molar refractivity (Wildman–Crippen MR) is 128 cm³/mol. The van der Waals surface area contributed by atoms with Crippen LogP contribution in [0, 0.1) is 0 Å². The van der Waals surface area contributed by atoms with Crippen molar-refractivity contribution in [3.8, 4) is 0 Å². The standard InChI is InChI=1S/C25H29N5O3/c1-17(31)22(29-25(32)33-16-18-9-3-2-4-10-18)15-26-24-28-21-14-8-7-13-20(21)23(30-24)27-19-11-5-6-12-19/h2-4,7-10,13-14,19,22H,5-6,11-12,15-16H2,1H3,(H,29,32)(H2,26,27,28,30)/t22-/m1/s1. The van der Waals surface area contributed by atoms with Gasteiger partial charge in [0.15, 0.2) is 5.78 Å². The van der Waals surface area contributed by atoms with Gasteiger partial charge in [-0.15, -0.1) is 0 Å². The van der Waals surface area contributed by atoms with Gasteiger partial charge in [-0.25, -0.2) is 9.78 Å². The number of nitrogens with one attached hydrogen (secondary N) is 3. The number of ether oxygens (including phenoxy) is 1. The second-order valence-electron chi connectivity index (χ2n) is 8.29. The number of rotatable bonds is 9. The summed E-state index contributed by atoms with van der Waals surface area (Å²) in [5, 5.41) is 10.2. The summed E-state index contributed by atoms with van der Waals surface area (Å²) in [5.74, 6) is 0.994. The number of para-hydroxylation sites is 1. The van der Waals surface area contributed by atoms with Gasteiger partial charge in [-0.2, -0.15) is 4.98 Å². The molecule has 1 atom stereocenters. The average molecular weight is 448 g/mol. The molecule has 0 bridgehead atoms. The maximum Gasteiger partial charge on any atom is 0.408 e. The van der Waals surface area contributed by atoms with E-state index in [1.54, 1.807) is 0 Å². The summed E-state index contributed by atoms with van der Waals surface area (Å²) in [6.07, 6.45) is 4.05. The van der Waals surface area contributed by atoms with E-state index in [1.165, 1.54) is 19.8 Å². The minimum atomic E-state index is -0.769. The van der Waals surface area contributed by atoms with Crippen molar-refractivity contribution < 1.29 is 14.3 Å². The molecule has 1 aromatic heterocycles. The first-order chi connectivity index (χ1) is 16.1. The summed E-state index contributed by atoms with van der Waals surface area (Å²) >= 11 is 0. The number of aromatic nitrogens is 2. The molecule has 172 valence electrons. The van der Waals surface area contributed by atoms with Crippen LogP contribution in [0.4, 0.5) is 16.6 Å². The van der Waals surface area contributed by atoms with E-state index in [9.17, 15) is 9.59 Å². The Morgan fingerprint density at radius 3 is 2.52 bits per heavy atom. The first-order valence-corrected chi connectivity index (χ1v) is 11.3. The zero-order chi connectivity index (χ0) is 23.0. The second-order valence-corrected chi connectivity index (χ2v) is 8.29. The molecule has 2 aromatic carbocycles. The van der Waals surface area contributed by atoms with Gasteiger partial charge in [0, 0.05) is 18.0 Å². The van der Waals surface area contributed by atoms with Crippen LogP contribution in [0.3, 0.4) is 0 Å². The molecule has 0 saturated heterocycles. The van der Waals surface area contributed by atoms with Gasteiger partial charge in [-0.1, -0.05) is 55.3 Å². The number of fused-ring (bicyclic) bond motifs is 1. The molecule has 33 heavy (non-hydrogen) atoms. The highest BCUT2D eigenvalue weighted by atomic mass is 16.5. The monoisotopic (exact) mass is 447 g/mol. The van der Waals surface area contributed by atoms with Gasteiger partial charge in [0.25, 0.3) is 0 Å². The highest BCUT2D eigenvalue weighted by molar-refractivity contribution is 5.90. The Labute approximate surface area is 193 Å². The molecule has 0 aliphatic heterocycles. The normalized spacial score (nSPS) is 14.6. The van der Waals surface area contributed by atoms with Crippen molar-refractivity contribution in [2.45, 2.75) is 51.3 Å². The Bertz CT molecular complexity index is 1100. The summed E-state index contributed by atoms with van der Waals surface area (Å²) in [6, 6.07) is 16.8. The lowest BCUT2D eigenvalue weighted by Crippen LogP contribution is -2.44. The van der Waals surface area contributed by atoms with Crippen molar-refractivity contribution in [3.63, 3.8) is 0 Å². The number of hydrogen-bond acceptors (Lipinski definition) is 7. The molecule has 0 unspecified atom stereocenters. The molecule has 1 amide bonds. The first-order valence-electron chi connectivity index (χ1n) is 11.3. The molecule has 3 aromatic rings. The molecule has 3 N–H and O–H groups in total. The lowest BCUT2D eigenvalue weighted by atomic mass is 10.2. The van der Waals surface area contributed by atoms with Crippen molar-refractivity contribution >= 4 is 34.5 Å². The molecule has 1 heterocycles. The second kappa shape index (κ2) is 10.8. The van der Waals surface area contributed by atoms with E-state index in [-0.39, 0.29) is 18.9 Å². The van der Waals surface area contributed by atoms with Crippen molar-refractivity contribution in [3.05, 3.63) is 60.2 Å². The molecule has 1 aliphatic rings. The molecular weight excluding hydrogens is 418 g/mol. The van der Waals surface area contributed by atoms with Crippen LogP contribution in [0.5, 0.6) is 0 Å². The van der Waals surface area contributed by atoms with E-state index < -0.39 is 12.1 Å². The van der Waals surface area contributed by atoms with Gasteiger partial charge in [0.05, 0.1) is 5.52 Å². The maximum absolute atomic E-state index is 12.2. The van der Waals surface area contributed by atoms with Gasteiger partial charge in [-0.05, 0) is 37.5 Å². The Morgan fingerprint density at radius 2 is 1.76 bits per heavy atom. The molecule has 0 spiro atoms. The van der Waals surface area contributed by atoms with E-state index in [1.807, 2.05) is 54.6 Å². The highest BCUT2D eigenvalue weighted by Crippen LogP contribution is 2.26. The number of hydrogen-bond donors (Lipinski definition) is 3. The fourth-order valence-electron chi connectivity index (χ4n) is 3.93. The van der Waals surface area contributed by atoms with Crippen LogP contribution in [-0.2, 0) is 16.1 Å². The van der Waals surface area contributed by atoms with Crippen LogP contribution in [0.25, 0.3) is 10.9 Å². The minimum Gasteiger partial charge on any atom is -0.445 e. The van der Waals surface area contributed by atoms with Crippen molar-refractivity contribution in [2.75, 3.05) is 17.2 Å². The predicted octanol–water partition coefficient (Wildman–Crippen LogP) is 4.28. The van der Waals surface area contributed by atoms with Crippen LogP contribution < -0.4 is 16.0 Å². The molecule has 8 heteroatoms. The Kier molecular flexibility index (Phi) is 7.34. The number of carbonyl (C=O) groups is 2. The van der Waals surface area contributed by atoms with E-state index >= 15 is 0 Å². The van der Waals surface area contributed by atoms with Crippen molar-refractivity contribution in [2.24, 2.45) is 0 Å². The smallest absolute Gasteiger partial charge is 0.408 e. The summed E-state index contributed by atoms with van der Waals surface area (Å²) in [5.41, 5.74) is 1.68. The largest absolute Gasteiger partial charge is 0.445 e. The first kappa shape index (κ1) is 22.5. The number of alkyl carbamates (subject to hydrolysis) is 1. The van der Waals surface area contributed by atoms with Gasteiger partial charge in [0.1, 0.15) is 18.5 Å². The fraction of sp³-hybridized carbons (Fsp3) is 0.360. The lowest BCUT2D eigenvalue weighted by molar-refractivity contribution is -0.118. The van der Waals surface area contributed by atoms with Gasteiger partial charge in [-0.3, -0.25) is 4.79 Å². The number of Topliss-reactive ketones (excluding diaryl/α,β-unsaturated/α-hetero) is 1. The summed E-state index contributed by atoms with van der Waals surface area (Å²) in [7, 11) is 0. The zero-order valence-electron chi connectivity index (χ0n) is 18.7. The quantitative estimate of drug-likeness (QED) is 0.450. The van der Waals surface area contributed by atoms with Crippen LogP contribution in [0.2, 0.25) is 0 Å². The van der Waals surface area contributed by atoms with Crippen LogP contribution in [0.15, 0.2) is 54.6 Å². The number of nitrogens with zero attached hydrogens (tertiary/aromatic N) is 2. The highest BCUT2D eigenvalue weighted by Gasteiger charge is 2.20. The molecule has 1 fully saturated rings. The van der Waals surface area contributed by atoms with E-state index in [0.717, 1.165) is 35.1 Å². The fourth-order valence-corrected chi connectivity index (χ4v) is 3.93. The number of amides is 1. The molecule has 0 radical (unpaired) electrons. The Morgan fingerprint density at radius 1 is 1.03 bits per heavy atom. The van der Waals surface area contributed by atoms with E-state index in [4.69, 9.17) is 4.74 Å². The average Bonchev–Trinajstić information content (AvgIpc) is 3.34. The molecule has 8 nitrogen and oxygen atoms in total. The summed E-state index contributed by atoms with van der Waals surface area (Å²) in [6.45, 7) is 1.71. The van der Waals surface area contributed by atoms with Gasteiger partial charge < -0.3 is 20.7 Å². The Hall–Kier alpha value is -3.68. The zero-order valence-corrected chi connectivity index (χ0v) is 18.7. The molecule has 4 rings (SSSR count). The van der Waals surface area contributed by atoms with Crippen molar-refractivity contribution in [1.29, 1.82) is 0 Å². The van der Waals surface area contributed by atoms with Gasteiger partial charge in [0.2, 0.25) is 5.95 Å². The van der Waals surface area contributed by atoms with Crippen molar-refractivity contribution in [1.82, 2.24) is 15.3 Å². The van der Waals surface area contributed by atoms with E-state index in [2.05, 4.69) is 25.9 Å². The summed E-state index contributed by atoms with van der Waals surface area (Å²) < 4.78 is 5.24. The third kappa shape index (κ3) is 6.19. The van der Waals surface area contributed by atoms with E-state index in [0.29, 0.717) is 12.0 Å². The molecular formula is C25H29N5O3. The number of anilines is 2. The molecule has 1 saturated carbocycles. The SMILES string of the molecule is CC(=O)[C@@H](CNc1nc(NC2CCCC2)c2ccccc2n1)NC(=O)OCc1ccccc1. The third-order valence-corrected chi connectivity index (χ3v) is 5.76. The topological polar surface area (TPSA) is 105 Å². The van der Waals surface area contributed by atoms with Gasteiger partial charge >= 0.3 is 6.09 Å². The Balaban J connectivity index is 1.40. The maximum atomic E-state index is 12.2. The van der Waals surface area contributed by atoms with Crippen LogP contribution >= 0.6 is 0 Å². The molecule has 1 aliphatic carbocycles. The number of carbonyl (C=O) groups excluding carboxylic acids is 2. The minimum absolute atomic E-state index is 0.134.